The van der Waals surface area contributed by atoms with Crippen molar-refractivity contribution < 1.29 is 32.9 Å². The summed E-state index contributed by atoms with van der Waals surface area (Å²) in [5, 5.41) is 13.9. The summed E-state index contributed by atoms with van der Waals surface area (Å²) in [6, 6.07) is -0.896. The minimum Gasteiger partial charge on any atom is -0.756 e. The molecule has 0 rings (SSSR count). The molecule has 1 amide bonds. The van der Waals surface area contributed by atoms with Crippen molar-refractivity contribution in [2.45, 2.75) is 276 Å². The number of unbranched alkanes of at least 4 members (excludes halogenated alkanes) is 33. The van der Waals surface area contributed by atoms with E-state index in [1.807, 2.05) is 27.2 Å². The van der Waals surface area contributed by atoms with E-state index in [0.29, 0.717) is 17.4 Å². The highest BCUT2D eigenvalue weighted by Gasteiger charge is 2.23. The Morgan fingerprint density at radius 2 is 0.866 bits per heavy atom. The Labute approximate surface area is 416 Å². The van der Waals surface area contributed by atoms with E-state index >= 15 is 0 Å². The summed E-state index contributed by atoms with van der Waals surface area (Å²) in [6.45, 7) is 4.65. The summed E-state index contributed by atoms with van der Waals surface area (Å²) < 4.78 is 23.3. The number of carbonyl (C=O) groups is 1. The van der Waals surface area contributed by atoms with Crippen LogP contribution in [0.25, 0.3) is 0 Å². The zero-order chi connectivity index (χ0) is 49.2. The van der Waals surface area contributed by atoms with E-state index in [1.54, 1.807) is 6.08 Å². The Hall–Kier alpha value is -1.54. The maximum atomic E-state index is 13.0. The molecule has 0 spiro atoms. The summed E-state index contributed by atoms with van der Waals surface area (Å²) in [5.41, 5.74) is 0. The third-order valence-corrected chi connectivity index (χ3v) is 13.7. The average molecular weight is 964 g/mol. The normalized spacial score (nSPS) is 14.3. The van der Waals surface area contributed by atoms with Gasteiger partial charge in [0.05, 0.1) is 39.9 Å². The number of amides is 1. The number of nitrogens with zero attached hydrogens (tertiary/aromatic N) is 1. The molecule has 9 heteroatoms. The van der Waals surface area contributed by atoms with Gasteiger partial charge in [-0.1, -0.05) is 249 Å². The van der Waals surface area contributed by atoms with Crippen LogP contribution < -0.4 is 10.2 Å². The summed E-state index contributed by atoms with van der Waals surface area (Å²) in [4.78, 5) is 25.5. The van der Waals surface area contributed by atoms with Crippen LogP contribution in [0.4, 0.5) is 0 Å². The van der Waals surface area contributed by atoms with Crippen molar-refractivity contribution in [2.24, 2.45) is 0 Å². The van der Waals surface area contributed by atoms with E-state index in [0.717, 1.165) is 64.2 Å². The number of rotatable bonds is 52. The van der Waals surface area contributed by atoms with Crippen molar-refractivity contribution in [2.75, 3.05) is 40.9 Å². The van der Waals surface area contributed by atoms with Gasteiger partial charge in [0.2, 0.25) is 5.91 Å². The number of hydrogen-bond donors (Lipinski definition) is 2. The summed E-state index contributed by atoms with van der Waals surface area (Å²) in [7, 11) is 1.25. The maximum Gasteiger partial charge on any atom is 0.268 e. The van der Waals surface area contributed by atoms with E-state index in [2.05, 4.69) is 55.6 Å². The number of carbonyl (C=O) groups excluding carboxylic acids is 1. The number of aliphatic hydroxyl groups excluding tert-OH is 1. The van der Waals surface area contributed by atoms with Gasteiger partial charge in [0.15, 0.2) is 0 Å². The predicted molar refractivity (Wildman–Crippen MR) is 288 cm³/mol. The van der Waals surface area contributed by atoms with Crippen LogP contribution in [0.2, 0.25) is 0 Å². The van der Waals surface area contributed by atoms with Crippen molar-refractivity contribution in [3.8, 4) is 0 Å². The highest BCUT2D eigenvalue weighted by molar-refractivity contribution is 7.45. The Balaban J connectivity index is 4.26. The van der Waals surface area contributed by atoms with Gasteiger partial charge in [-0.25, -0.2) is 0 Å². The molecule has 0 bridgehead atoms. The molecule has 0 fully saturated rings. The third-order valence-electron chi connectivity index (χ3n) is 12.8. The van der Waals surface area contributed by atoms with E-state index in [-0.39, 0.29) is 19.1 Å². The number of aliphatic hydroxyl groups is 1. The molecule has 2 N–H and O–H groups in total. The molecule has 0 saturated carbocycles. The molecule has 0 radical (unpaired) electrons. The van der Waals surface area contributed by atoms with Gasteiger partial charge in [0.25, 0.3) is 7.82 Å². The number of allylic oxidation sites excluding steroid dienone is 7. The standard InChI is InChI=1S/C58H111N2O6P/c1-6-8-10-12-14-16-18-20-22-24-26-28-29-30-32-33-35-37-39-41-43-45-47-49-51-57(61)56(55-66-67(63,64)65-54-53-60(3,4)5)59-58(62)52-50-48-46-44-42-40-38-36-34-31-27-25-23-21-19-17-15-13-11-9-7-2/h19,21,25,27,34,36,49,51,56-57,61H,6-18,20,22-24,26,28-33,35,37-48,50,52-55H2,1-5H3,(H-,59,62,63,64)/b21-19-,27-25-,36-34-,51-49+. The zero-order valence-corrected chi connectivity index (χ0v) is 45.7. The van der Waals surface area contributed by atoms with Gasteiger partial charge in [-0.3, -0.25) is 9.36 Å². The van der Waals surface area contributed by atoms with Crippen molar-refractivity contribution in [1.82, 2.24) is 5.32 Å². The largest absolute Gasteiger partial charge is 0.756 e. The topological polar surface area (TPSA) is 108 Å². The molecular weight excluding hydrogens is 852 g/mol. The molecule has 394 valence electrons. The van der Waals surface area contributed by atoms with Crippen molar-refractivity contribution in [3.05, 3.63) is 48.6 Å². The minimum atomic E-state index is -4.60. The Morgan fingerprint density at radius 1 is 0.522 bits per heavy atom. The molecule has 0 aliphatic rings. The number of quaternary nitrogens is 1. The SMILES string of the molecule is CCCCCCC/C=C\C/C=C\C/C=C\CCCCCCCCC(=O)NC(COP(=O)([O-])OCC[N+](C)(C)C)C(O)/C=C/CCCCCCCCCCCCCCCCCCCCCCCC. The second-order valence-electron chi connectivity index (χ2n) is 20.6. The molecule has 0 aliphatic carbocycles. The molecule has 8 nitrogen and oxygen atoms in total. The number of phosphoric ester groups is 1. The van der Waals surface area contributed by atoms with Crippen LogP contribution in [0, 0.1) is 0 Å². The van der Waals surface area contributed by atoms with Crippen molar-refractivity contribution in [1.29, 1.82) is 0 Å². The lowest BCUT2D eigenvalue weighted by Gasteiger charge is -2.29. The lowest BCUT2D eigenvalue weighted by atomic mass is 10.0. The fourth-order valence-electron chi connectivity index (χ4n) is 8.28. The molecular formula is C58H111N2O6P. The quantitative estimate of drug-likeness (QED) is 0.0272. The summed E-state index contributed by atoms with van der Waals surface area (Å²) >= 11 is 0. The molecule has 67 heavy (non-hydrogen) atoms. The zero-order valence-electron chi connectivity index (χ0n) is 44.9. The number of nitrogens with one attached hydrogen (secondary N) is 1. The van der Waals surface area contributed by atoms with Gasteiger partial charge < -0.3 is 28.8 Å². The fourth-order valence-corrected chi connectivity index (χ4v) is 9.00. The number of phosphoric acid groups is 1. The van der Waals surface area contributed by atoms with Gasteiger partial charge in [-0.15, -0.1) is 0 Å². The molecule has 3 unspecified atom stereocenters. The second kappa shape index (κ2) is 49.4. The third kappa shape index (κ3) is 52.1. The first-order valence-electron chi connectivity index (χ1n) is 28.5. The van der Waals surface area contributed by atoms with Crippen LogP contribution in [0.5, 0.6) is 0 Å². The van der Waals surface area contributed by atoms with Gasteiger partial charge in [0.1, 0.15) is 13.2 Å². The lowest BCUT2D eigenvalue weighted by molar-refractivity contribution is -0.870. The monoisotopic (exact) mass is 963 g/mol. The van der Waals surface area contributed by atoms with Crippen LogP contribution in [-0.2, 0) is 18.4 Å². The first kappa shape index (κ1) is 65.5. The second-order valence-corrected chi connectivity index (χ2v) is 22.1. The van der Waals surface area contributed by atoms with Crippen molar-refractivity contribution in [3.63, 3.8) is 0 Å². The van der Waals surface area contributed by atoms with Crippen LogP contribution in [0.15, 0.2) is 48.6 Å². The predicted octanol–water partition coefficient (Wildman–Crippen LogP) is 16.5. The Kier molecular flexibility index (Phi) is 48.3. The molecule has 0 aromatic rings. The first-order chi connectivity index (χ1) is 32.5. The lowest BCUT2D eigenvalue weighted by Crippen LogP contribution is -2.45. The molecule has 0 aromatic heterocycles. The van der Waals surface area contributed by atoms with E-state index < -0.39 is 20.0 Å². The highest BCUT2D eigenvalue weighted by atomic mass is 31.2. The van der Waals surface area contributed by atoms with Crippen LogP contribution in [0.3, 0.4) is 0 Å². The van der Waals surface area contributed by atoms with Gasteiger partial charge in [-0.05, 0) is 57.8 Å². The summed E-state index contributed by atoms with van der Waals surface area (Å²) in [6.07, 6.45) is 64.6. The van der Waals surface area contributed by atoms with E-state index in [4.69, 9.17) is 9.05 Å². The van der Waals surface area contributed by atoms with Crippen LogP contribution in [0.1, 0.15) is 264 Å². The smallest absolute Gasteiger partial charge is 0.268 e. The van der Waals surface area contributed by atoms with Crippen LogP contribution in [-0.4, -0.2) is 68.5 Å². The van der Waals surface area contributed by atoms with E-state index in [1.165, 1.54) is 180 Å². The maximum absolute atomic E-state index is 13.0. The van der Waals surface area contributed by atoms with E-state index in [9.17, 15) is 19.4 Å². The molecule has 0 aliphatic heterocycles. The number of hydrogen-bond acceptors (Lipinski definition) is 6. The molecule has 3 atom stereocenters. The molecule has 0 aromatic carbocycles. The molecule has 0 heterocycles. The highest BCUT2D eigenvalue weighted by Crippen LogP contribution is 2.38. The minimum absolute atomic E-state index is 0.00472. The van der Waals surface area contributed by atoms with Gasteiger partial charge in [0, 0.05) is 6.42 Å². The van der Waals surface area contributed by atoms with Gasteiger partial charge in [-0.2, -0.15) is 0 Å². The first-order valence-corrected chi connectivity index (χ1v) is 30.0. The van der Waals surface area contributed by atoms with Crippen LogP contribution >= 0.6 is 7.82 Å². The summed E-state index contributed by atoms with van der Waals surface area (Å²) in [5.74, 6) is -0.208. The molecule has 0 saturated heterocycles. The van der Waals surface area contributed by atoms with Crippen molar-refractivity contribution >= 4 is 13.7 Å². The Morgan fingerprint density at radius 3 is 1.25 bits per heavy atom. The Bertz CT molecular complexity index is 1230. The average Bonchev–Trinajstić information content (AvgIpc) is 3.29. The number of likely N-dealkylation sites (N-methyl/N-ethyl adjacent to an activating group) is 1. The fraction of sp³-hybridized carbons (Fsp3) is 0.845. The van der Waals surface area contributed by atoms with Gasteiger partial charge >= 0.3 is 0 Å².